The van der Waals surface area contributed by atoms with Gasteiger partial charge in [-0.2, -0.15) is 0 Å². The molecule has 0 spiro atoms. The predicted molar refractivity (Wildman–Crippen MR) is 89.8 cm³/mol. The Morgan fingerprint density at radius 2 is 2.14 bits per heavy atom. The third kappa shape index (κ3) is 1.77. The topological polar surface area (TPSA) is 37.8 Å². The molecular formula is C16H14N2OS2. The molecule has 4 rings (SSSR count). The van der Waals surface area contributed by atoms with E-state index < -0.39 is 0 Å². The summed E-state index contributed by atoms with van der Waals surface area (Å²) in [6.45, 7) is 2.55. The molecule has 3 nitrogen and oxygen atoms in total. The highest BCUT2D eigenvalue weighted by molar-refractivity contribution is 7.71. The first-order chi connectivity index (χ1) is 10.2. The van der Waals surface area contributed by atoms with Crippen molar-refractivity contribution >= 4 is 33.8 Å². The summed E-state index contributed by atoms with van der Waals surface area (Å²) in [5.74, 6) is 0. The van der Waals surface area contributed by atoms with E-state index in [9.17, 15) is 4.79 Å². The van der Waals surface area contributed by atoms with Crippen molar-refractivity contribution in [3.63, 3.8) is 0 Å². The number of H-pyrrole nitrogens is 1. The maximum atomic E-state index is 12.7. The van der Waals surface area contributed by atoms with Crippen LogP contribution in [0.3, 0.4) is 0 Å². The van der Waals surface area contributed by atoms with Crippen LogP contribution in [-0.2, 0) is 19.4 Å². The number of thiophene rings is 1. The maximum absolute atomic E-state index is 12.7. The van der Waals surface area contributed by atoms with Crippen LogP contribution in [0.1, 0.15) is 18.1 Å². The Kier molecular flexibility index (Phi) is 2.87. The third-order valence-corrected chi connectivity index (χ3v) is 5.66. The standard InChI is InChI=1S/C16H14N2OS2/c1-2-18-15(19)12-11-8-7-9-5-3-4-6-10(9)13(11)21-14(12)17-16(18)20/h3-6H,2,7-8H2,1H3,(H,17,20). The van der Waals surface area contributed by atoms with Gasteiger partial charge in [0.2, 0.25) is 0 Å². The number of aryl methyl sites for hydroxylation is 2. The van der Waals surface area contributed by atoms with Crippen molar-refractivity contribution in [3.05, 3.63) is 50.5 Å². The Hall–Kier alpha value is -1.72. The molecule has 2 heterocycles. The van der Waals surface area contributed by atoms with Crippen LogP contribution in [0.2, 0.25) is 0 Å². The van der Waals surface area contributed by atoms with E-state index in [1.54, 1.807) is 15.9 Å². The minimum Gasteiger partial charge on any atom is -0.323 e. The van der Waals surface area contributed by atoms with Gasteiger partial charge in [0.1, 0.15) is 4.83 Å². The fourth-order valence-electron chi connectivity index (χ4n) is 3.13. The van der Waals surface area contributed by atoms with Gasteiger partial charge in [0.05, 0.1) is 5.39 Å². The third-order valence-electron chi connectivity index (χ3n) is 4.15. The van der Waals surface area contributed by atoms with Gasteiger partial charge in [0.25, 0.3) is 5.56 Å². The Bertz CT molecular complexity index is 978. The lowest BCUT2D eigenvalue weighted by Gasteiger charge is -2.15. The minimum atomic E-state index is 0.0492. The van der Waals surface area contributed by atoms with Gasteiger partial charge in [-0.25, -0.2) is 0 Å². The molecule has 0 aliphatic heterocycles. The van der Waals surface area contributed by atoms with E-state index in [-0.39, 0.29) is 5.56 Å². The zero-order valence-electron chi connectivity index (χ0n) is 11.6. The molecule has 1 N–H and O–H groups in total. The molecule has 0 fully saturated rings. The number of aromatic amines is 1. The van der Waals surface area contributed by atoms with Crippen LogP contribution < -0.4 is 5.56 Å². The molecule has 0 saturated carbocycles. The lowest BCUT2D eigenvalue weighted by Crippen LogP contribution is -2.21. The Labute approximate surface area is 130 Å². The second kappa shape index (κ2) is 4.64. The number of nitrogens with zero attached hydrogens (tertiary/aromatic N) is 1. The Morgan fingerprint density at radius 3 is 2.95 bits per heavy atom. The van der Waals surface area contributed by atoms with Crippen molar-refractivity contribution in [2.24, 2.45) is 0 Å². The van der Waals surface area contributed by atoms with Crippen LogP contribution in [0.25, 0.3) is 20.7 Å². The average Bonchev–Trinajstić information content (AvgIpc) is 2.86. The van der Waals surface area contributed by atoms with E-state index in [1.165, 1.54) is 21.6 Å². The molecule has 106 valence electrons. The van der Waals surface area contributed by atoms with E-state index >= 15 is 0 Å². The summed E-state index contributed by atoms with van der Waals surface area (Å²) in [6.07, 6.45) is 1.92. The summed E-state index contributed by atoms with van der Waals surface area (Å²) in [4.78, 5) is 18.1. The second-order valence-electron chi connectivity index (χ2n) is 5.25. The Morgan fingerprint density at radius 1 is 1.33 bits per heavy atom. The number of hydrogen-bond donors (Lipinski definition) is 1. The molecule has 0 atom stereocenters. The molecular weight excluding hydrogens is 300 g/mol. The van der Waals surface area contributed by atoms with Crippen LogP contribution in [0.5, 0.6) is 0 Å². The zero-order valence-corrected chi connectivity index (χ0v) is 13.2. The summed E-state index contributed by atoms with van der Waals surface area (Å²) >= 11 is 6.95. The van der Waals surface area contributed by atoms with Crippen LogP contribution in [0.15, 0.2) is 29.1 Å². The van der Waals surface area contributed by atoms with Gasteiger partial charge in [-0.15, -0.1) is 11.3 Å². The summed E-state index contributed by atoms with van der Waals surface area (Å²) in [5.41, 5.74) is 3.87. The lowest BCUT2D eigenvalue weighted by molar-refractivity contribution is 0.704. The van der Waals surface area contributed by atoms with Crippen LogP contribution in [-0.4, -0.2) is 9.55 Å². The lowest BCUT2D eigenvalue weighted by atomic mass is 9.90. The van der Waals surface area contributed by atoms with Gasteiger partial charge in [0, 0.05) is 11.4 Å². The quantitative estimate of drug-likeness (QED) is 0.692. The summed E-state index contributed by atoms with van der Waals surface area (Å²) in [7, 11) is 0. The molecule has 5 heteroatoms. The molecule has 0 bridgehead atoms. The second-order valence-corrected chi connectivity index (χ2v) is 6.66. The number of rotatable bonds is 1. The monoisotopic (exact) mass is 314 g/mol. The first kappa shape index (κ1) is 13.0. The van der Waals surface area contributed by atoms with E-state index in [2.05, 4.69) is 29.2 Å². The molecule has 2 aromatic heterocycles. The van der Waals surface area contributed by atoms with Crippen LogP contribution in [0.4, 0.5) is 0 Å². The van der Waals surface area contributed by atoms with Crippen molar-refractivity contribution < 1.29 is 0 Å². The predicted octanol–water partition coefficient (Wildman–Crippen LogP) is 3.91. The average molecular weight is 314 g/mol. The zero-order chi connectivity index (χ0) is 14.6. The molecule has 0 saturated heterocycles. The fraction of sp³-hybridized carbons (Fsp3) is 0.250. The molecule has 21 heavy (non-hydrogen) atoms. The highest BCUT2D eigenvalue weighted by atomic mass is 32.1. The maximum Gasteiger partial charge on any atom is 0.263 e. The van der Waals surface area contributed by atoms with Gasteiger partial charge in [-0.1, -0.05) is 24.3 Å². The number of fused-ring (bicyclic) bond motifs is 5. The van der Waals surface area contributed by atoms with Crippen LogP contribution in [0, 0.1) is 4.77 Å². The van der Waals surface area contributed by atoms with Gasteiger partial charge in [0.15, 0.2) is 4.77 Å². The van der Waals surface area contributed by atoms with Crippen molar-refractivity contribution in [1.29, 1.82) is 0 Å². The van der Waals surface area contributed by atoms with Gasteiger partial charge in [-0.3, -0.25) is 9.36 Å². The van der Waals surface area contributed by atoms with Crippen molar-refractivity contribution in [2.45, 2.75) is 26.3 Å². The number of benzene rings is 1. The highest BCUT2D eigenvalue weighted by Crippen LogP contribution is 2.41. The van der Waals surface area contributed by atoms with E-state index in [0.29, 0.717) is 11.3 Å². The smallest absolute Gasteiger partial charge is 0.263 e. The number of hydrogen-bond acceptors (Lipinski definition) is 3. The van der Waals surface area contributed by atoms with E-state index in [1.807, 2.05) is 6.92 Å². The first-order valence-electron chi connectivity index (χ1n) is 7.07. The van der Waals surface area contributed by atoms with Crippen LogP contribution >= 0.6 is 23.6 Å². The molecule has 1 aromatic carbocycles. The molecule has 0 radical (unpaired) electrons. The normalized spacial score (nSPS) is 13.2. The molecule has 0 unspecified atom stereocenters. The molecule has 1 aliphatic carbocycles. The Balaban J connectivity index is 2.14. The summed E-state index contributed by atoms with van der Waals surface area (Å²) in [6, 6.07) is 8.46. The largest absolute Gasteiger partial charge is 0.323 e. The highest BCUT2D eigenvalue weighted by Gasteiger charge is 2.23. The SMILES string of the molecule is CCn1c(=S)[nH]c2sc3c(c2c1=O)CCc1ccccc1-3. The number of nitrogens with one attached hydrogen (secondary N) is 1. The molecule has 1 aliphatic rings. The van der Waals surface area contributed by atoms with Gasteiger partial charge >= 0.3 is 0 Å². The van der Waals surface area contributed by atoms with E-state index in [0.717, 1.165) is 23.1 Å². The van der Waals surface area contributed by atoms with Gasteiger partial charge in [-0.05, 0) is 48.7 Å². The fourth-order valence-corrected chi connectivity index (χ4v) is 4.81. The molecule has 3 aromatic rings. The summed E-state index contributed by atoms with van der Waals surface area (Å²) in [5, 5.41) is 0.833. The first-order valence-corrected chi connectivity index (χ1v) is 8.30. The van der Waals surface area contributed by atoms with Crippen molar-refractivity contribution in [2.75, 3.05) is 0 Å². The van der Waals surface area contributed by atoms with Crippen molar-refractivity contribution in [1.82, 2.24) is 9.55 Å². The minimum absolute atomic E-state index is 0.0492. The summed E-state index contributed by atoms with van der Waals surface area (Å²) < 4.78 is 2.16. The number of aromatic nitrogens is 2. The van der Waals surface area contributed by atoms with Crippen molar-refractivity contribution in [3.8, 4) is 10.4 Å². The van der Waals surface area contributed by atoms with E-state index in [4.69, 9.17) is 12.2 Å². The van der Waals surface area contributed by atoms with Gasteiger partial charge < -0.3 is 4.98 Å². The molecule has 0 amide bonds.